The molecule has 0 aliphatic carbocycles. The molecule has 0 amide bonds. The standard InChI is InChI=1S/C16H19BrFNS/c1-11(13-7-6-12(17)9-14(13)18)19-10-16(2,3)15-5-4-8-20-15/h4-9,11,19H,10H2,1-3H3. The molecule has 2 aromatic rings. The fourth-order valence-electron chi connectivity index (χ4n) is 2.12. The summed E-state index contributed by atoms with van der Waals surface area (Å²) in [5.74, 6) is -0.173. The first-order valence-electron chi connectivity index (χ1n) is 6.62. The van der Waals surface area contributed by atoms with E-state index in [9.17, 15) is 4.39 Å². The Morgan fingerprint density at radius 1 is 1.35 bits per heavy atom. The highest BCUT2D eigenvalue weighted by molar-refractivity contribution is 9.10. The minimum absolute atomic E-state index is 0.0117. The van der Waals surface area contributed by atoms with Gasteiger partial charge in [-0.3, -0.25) is 0 Å². The summed E-state index contributed by atoms with van der Waals surface area (Å²) in [7, 11) is 0. The molecule has 1 nitrogen and oxygen atoms in total. The molecule has 4 heteroatoms. The first kappa shape index (κ1) is 15.7. The molecule has 20 heavy (non-hydrogen) atoms. The molecular formula is C16H19BrFNS. The zero-order chi connectivity index (χ0) is 14.8. The summed E-state index contributed by atoms with van der Waals surface area (Å²) in [6, 6.07) is 9.42. The first-order chi connectivity index (χ1) is 9.40. The van der Waals surface area contributed by atoms with Gasteiger partial charge in [0.1, 0.15) is 5.82 Å². The van der Waals surface area contributed by atoms with E-state index >= 15 is 0 Å². The van der Waals surface area contributed by atoms with Crippen molar-refractivity contribution >= 4 is 27.3 Å². The second-order valence-corrected chi connectivity index (χ2v) is 7.49. The number of nitrogens with one attached hydrogen (secondary N) is 1. The van der Waals surface area contributed by atoms with Crippen LogP contribution in [0.4, 0.5) is 4.39 Å². The van der Waals surface area contributed by atoms with Crippen LogP contribution in [0.15, 0.2) is 40.2 Å². The molecule has 0 radical (unpaired) electrons. The molecule has 1 N–H and O–H groups in total. The Morgan fingerprint density at radius 2 is 2.10 bits per heavy atom. The zero-order valence-electron chi connectivity index (χ0n) is 11.9. The van der Waals surface area contributed by atoms with E-state index in [-0.39, 0.29) is 17.3 Å². The predicted molar refractivity (Wildman–Crippen MR) is 87.9 cm³/mol. The van der Waals surface area contributed by atoms with Crippen molar-refractivity contribution in [2.75, 3.05) is 6.54 Å². The Kier molecular flexibility index (Phi) is 4.99. The number of hydrogen-bond acceptors (Lipinski definition) is 2. The van der Waals surface area contributed by atoms with Crippen molar-refractivity contribution in [1.29, 1.82) is 0 Å². The highest BCUT2D eigenvalue weighted by atomic mass is 79.9. The third-order valence-electron chi connectivity index (χ3n) is 3.47. The lowest BCUT2D eigenvalue weighted by molar-refractivity contribution is 0.433. The van der Waals surface area contributed by atoms with Crippen LogP contribution >= 0.6 is 27.3 Å². The summed E-state index contributed by atoms with van der Waals surface area (Å²) in [5, 5.41) is 5.53. The molecule has 0 spiro atoms. The lowest BCUT2D eigenvalue weighted by Gasteiger charge is -2.26. The Hall–Kier alpha value is -0.710. The number of thiophene rings is 1. The number of rotatable bonds is 5. The maximum Gasteiger partial charge on any atom is 0.129 e. The molecule has 1 atom stereocenters. The van der Waals surface area contributed by atoms with Crippen molar-refractivity contribution in [3.8, 4) is 0 Å². The van der Waals surface area contributed by atoms with Gasteiger partial charge in [-0.2, -0.15) is 0 Å². The van der Waals surface area contributed by atoms with E-state index in [2.05, 4.69) is 52.6 Å². The van der Waals surface area contributed by atoms with E-state index < -0.39 is 0 Å². The maximum atomic E-state index is 13.9. The lowest BCUT2D eigenvalue weighted by atomic mass is 9.91. The van der Waals surface area contributed by atoms with E-state index in [1.807, 2.05) is 19.1 Å². The predicted octanol–water partition coefficient (Wildman–Crippen LogP) is 5.28. The molecule has 108 valence electrons. The Labute approximate surface area is 132 Å². The number of halogens is 2. The van der Waals surface area contributed by atoms with Crippen LogP contribution in [0.1, 0.15) is 37.3 Å². The van der Waals surface area contributed by atoms with Crippen LogP contribution in [0.5, 0.6) is 0 Å². The largest absolute Gasteiger partial charge is 0.309 e. The summed E-state index contributed by atoms with van der Waals surface area (Å²) in [5.41, 5.74) is 0.754. The van der Waals surface area contributed by atoms with E-state index in [1.165, 1.54) is 10.9 Å². The van der Waals surface area contributed by atoms with Crippen molar-refractivity contribution in [1.82, 2.24) is 5.32 Å². The fraction of sp³-hybridized carbons (Fsp3) is 0.375. The second-order valence-electron chi connectivity index (χ2n) is 5.63. The Balaban J connectivity index is 2.03. The van der Waals surface area contributed by atoms with Crippen LogP contribution in [0.3, 0.4) is 0 Å². The number of hydrogen-bond donors (Lipinski definition) is 1. The molecule has 0 bridgehead atoms. The molecule has 1 aromatic heterocycles. The van der Waals surface area contributed by atoms with Crippen molar-refractivity contribution in [2.24, 2.45) is 0 Å². The SMILES string of the molecule is CC(NCC(C)(C)c1cccs1)c1ccc(Br)cc1F. The minimum Gasteiger partial charge on any atom is -0.309 e. The smallest absolute Gasteiger partial charge is 0.129 e. The van der Waals surface area contributed by atoms with Crippen molar-refractivity contribution in [3.63, 3.8) is 0 Å². The van der Waals surface area contributed by atoms with E-state index in [1.54, 1.807) is 11.3 Å². The van der Waals surface area contributed by atoms with Gasteiger partial charge in [0.05, 0.1) is 0 Å². The van der Waals surface area contributed by atoms with E-state index in [0.717, 1.165) is 11.0 Å². The summed E-state index contributed by atoms with van der Waals surface area (Å²) in [6.07, 6.45) is 0. The molecule has 2 rings (SSSR count). The average Bonchev–Trinajstić information content (AvgIpc) is 2.90. The molecule has 0 saturated carbocycles. The van der Waals surface area contributed by atoms with E-state index in [0.29, 0.717) is 5.56 Å². The van der Waals surface area contributed by atoms with Gasteiger partial charge in [-0.15, -0.1) is 11.3 Å². The molecular weight excluding hydrogens is 337 g/mol. The van der Waals surface area contributed by atoms with Crippen molar-refractivity contribution in [3.05, 3.63) is 56.4 Å². The molecule has 0 saturated heterocycles. The lowest BCUT2D eigenvalue weighted by Crippen LogP contribution is -2.34. The van der Waals surface area contributed by atoms with Crippen LogP contribution in [0.2, 0.25) is 0 Å². The van der Waals surface area contributed by atoms with Crippen LogP contribution in [0.25, 0.3) is 0 Å². The van der Waals surface area contributed by atoms with Crippen molar-refractivity contribution < 1.29 is 4.39 Å². The van der Waals surface area contributed by atoms with Gasteiger partial charge in [-0.25, -0.2) is 4.39 Å². The topological polar surface area (TPSA) is 12.0 Å². The highest BCUT2D eigenvalue weighted by Crippen LogP contribution is 2.28. The number of benzene rings is 1. The molecule has 0 aliphatic rings. The monoisotopic (exact) mass is 355 g/mol. The minimum atomic E-state index is -0.173. The van der Waals surface area contributed by atoms with Gasteiger partial charge >= 0.3 is 0 Å². The Morgan fingerprint density at radius 3 is 2.70 bits per heavy atom. The zero-order valence-corrected chi connectivity index (χ0v) is 14.3. The average molecular weight is 356 g/mol. The normalized spacial score (nSPS) is 13.4. The maximum absolute atomic E-state index is 13.9. The molecule has 1 unspecified atom stereocenters. The van der Waals surface area contributed by atoms with Gasteiger partial charge < -0.3 is 5.32 Å². The van der Waals surface area contributed by atoms with E-state index in [4.69, 9.17) is 0 Å². The second kappa shape index (κ2) is 6.37. The summed E-state index contributed by atoms with van der Waals surface area (Å²) >= 11 is 5.05. The van der Waals surface area contributed by atoms with Crippen LogP contribution < -0.4 is 5.32 Å². The first-order valence-corrected chi connectivity index (χ1v) is 8.30. The van der Waals surface area contributed by atoms with Crippen LogP contribution in [-0.2, 0) is 5.41 Å². The molecule has 1 aromatic carbocycles. The highest BCUT2D eigenvalue weighted by Gasteiger charge is 2.23. The molecule has 0 aliphatic heterocycles. The van der Waals surface area contributed by atoms with Crippen LogP contribution in [-0.4, -0.2) is 6.54 Å². The van der Waals surface area contributed by atoms with Gasteiger partial charge in [0.15, 0.2) is 0 Å². The van der Waals surface area contributed by atoms with Gasteiger partial charge in [-0.05, 0) is 30.5 Å². The Bertz CT molecular complexity index is 566. The summed E-state index contributed by atoms with van der Waals surface area (Å²) in [4.78, 5) is 1.34. The summed E-state index contributed by atoms with van der Waals surface area (Å²) < 4.78 is 14.7. The molecule has 1 heterocycles. The van der Waals surface area contributed by atoms with Gasteiger partial charge in [0, 0.05) is 32.9 Å². The van der Waals surface area contributed by atoms with Gasteiger partial charge in [-0.1, -0.05) is 41.9 Å². The van der Waals surface area contributed by atoms with Gasteiger partial charge in [0.2, 0.25) is 0 Å². The quantitative estimate of drug-likeness (QED) is 0.769. The van der Waals surface area contributed by atoms with Gasteiger partial charge in [0.25, 0.3) is 0 Å². The summed E-state index contributed by atoms with van der Waals surface area (Å²) in [6.45, 7) is 7.22. The third kappa shape index (κ3) is 3.68. The van der Waals surface area contributed by atoms with Crippen LogP contribution in [0, 0.1) is 5.82 Å². The third-order valence-corrected chi connectivity index (χ3v) is 5.20. The molecule has 0 fully saturated rings. The van der Waals surface area contributed by atoms with Crippen molar-refractivity contribution in [2.45, 2.75) is 32.2 Å². The fourth-order valence-corrected chi connectivity index (χ4v) is 3.31.